The first kappa shape index (κ1) is 24.8. The smallest absolute Gasteiger partial charge is 0.266 e. The number of carbonyl (C=O) groups is 1. The van der Waals surface area contributed by atoms with Crippen molar-refractivity contribution in [3.63, 3.8) is 0 Å². The zero-order chi connectivity index (χ0) is 24.5. The van der Waals surface area contributed by atoms with Crippen molar-refractivity contribution in [3.8, 4) is 0 Å². The van der Waals surface area contributed by atoms with Gasteiger partial charge in [-0.2, -0.15) is 0 Å². The van der Waals surface area contributed by atoms with Crippen LogP contribution in [0.4, 0.5) is 11.4 Å². The molecule has 0 radical (unpaired) electrons. The van der Waals surface area contributed by atoms with Gasteiger partial charge in [0.05, 0.1) is 10.6 Å². The molecule has 2 aliphatic heterocycles. The molecule has 0 aliphatic carbocycles. The van der Waals surface area contributed by atoms with Crippen LogP contribution in [0.5, 0.6) is 0 Å². The summed E-state index contributed by atoms with van der Waals surface area (Å²) >= 11 is 8.15. The number of rotatable bonds is 6. The molecule has 2 aromatic rings. The highest BCUT2D eigenvalue weighted by atomic mass is 35.5. The normalized spacial score (nSPS) is 22.1. The van der Waals surface area contributed by atoms with Crippen molar-refractivity contribution >= 4 is 51.9 Å². The topological polar surface area (TPSA) is 45.1 Å². The van der Waals surface area contributed by atoms with E-state index < -0.39 is 0 Å². The first-order valence-electron chi connectivity index (χ1n) is 11.6. The summed E-state index contributed by atoms with van der Waals surface area (Å²) in [5.74, 6) is 0.360. The van der Waals surface area contributed by atoms with Gasteiger partial charge in [-0.1, -0.05) is 36.7 Å². The Balaban J connectivity index is 1.69. The van der Waals surface area contributed by atoms with E-state index in [2.05, 4.69) is 38.8 Å². The van der Waals surface area contributed by atoms with Crippen molar-refractivity contribution in [2.45, 2.75) is 45.1 Å². The number of nitrogens with zero attached hydrogens (tertiary/aromatic N) is 3. The van der Waals surface area contributed by atoms with Crippen LogP contribution in [0.1, 0.15) is 50.7 Å². The number of fused-ring (bicyclic) bond motifs is 1. The van der Waals surface area contributed by atoms with E-state index in [0.717, 1.165) is 29.8 Å². The van der Waals surface area contributed by atoms with Crippen LogP contribution in [-0.2, 0) is 9.53 Å². The Hall–Kier alpha value is -2.28. The summed E-state index contributed by atoms with van der Waals surface area (Å²) in [6, 6.07) is 13.9. The van der Waals surface area contributed by atoms with Gasteiger partial charge in [0.1, 0.15) is 0 Å². The predicted molar refractivity (Wildman–Crippen MR) is 144 cm³/mol. The highest BCUT2D eigenvalue weighted by Crippen LogP contribution is 2.45. The molecular weight excluding hydrogens is 466 g/mol. The van der Waals surface area contributed by atoms with E-state index in [-0.39, 0.29) is 11.4 Å². The second kappa shape index (κ2) is 10.1. The van der Waals surface area contributed by atoms with Crippen LogP contribution in [0.15, 0.2) is 52.4 Å². The fraction of sp³-hybridized carbons (Fsp3) is 0.407. The summed E-state index contributed by atoms with van der Waals surface area (Å²) in [5, 5.41) is 1.33. The molecule has 7 heteroatoms. The van der Waals surface area contributed by atoms with Crippen LogP contribution >= 0.6 is 23.4 Å². The third kappa shape index (κ3) is 5.04. The fourth-order valence-corrected chi connectivity index (χ4v) is 5.85. The molecule has 0 bridgehead atoms. The molecule has 0 saturated carbocycles. The third-order valence-corrected chi connectivity index (χ3v) is 7.97. The highest BCUT2D eigenvalue weighted by molar-refractivity contribution is 8.18. The Morgan fingerprint density at radius 3 is 2.71 bits per heavy atom. The van der Waals surface area contributed by atoms with Gasteiger partial charge in [-0.25, -0.2) is 4.99 Å². The zero-order valence-electron chi connectivity index (χ0n) is 20.5. The number of amidine groups is 1. The van der Waals surface area contributed by atoms with Gasteiger partial charge in [0, 0.05) is 43.6 Å². The van der Waals surface area contributed by atoms with Crippen LogP contribution < -0.4 is 4.90 Å². The van der Waals surface area contributed by atoms with Crippen LogP contribution in [0.3, 0.4) is 0 Å². The molecule has 0 spiro atoms. The average Bonchev–Trinajstić information content (AvgIpc) is 3.08. The minimum Gasteiger partial charge on any atom is -0.385 e. The summed E-state index contributed by atoms with van der Waals surface area (Å²) in [6.07, 6.45) is 3.71. The third-order valence-electron chi connectivity index (χ3n) is 6.64. The number of amides is 1. The minimum absolute atomic E-state index is 0.0455. The Morgan fingerprint density at radius 1 is 1.26 bits per heavy atom. The summed E-state index contributed by atoms with van der Waals surface area (Å²) < 4.78 is 5.19. The molecule has 2 heterocycles. The van der Waals surface area contributed by atoms with E-state index in [1.165, 1.54) is 17.3 Å². The number of thioether (sulfide) groups is 1. The maximum Gasteiger partial charge on any atom is 0.266 e. The van der Waals surface area contributed by atoms with E-state index in [1.807, 2.05) is 42.5 Å². The number of hydrogen-bond acceptors (Lipinski definition) is 5. The fourth-order valence-electron chi connectivity index (χ4n) is 4.62. The van der Waals surface area contributed by atoms with Crippen LogP contribution in [0, 0.1) is 0 Å². The largest absolute Gasteiger partial charge is 0.385 e. The SMILES string of the molecule is COCCCN1C(=O)/C(=C/c2cc3c(cc2Cl)N(C)C(C)(C)CC3C)SC1=Nc1ccccc1. The minimum atomic E-state index is -0.0455. The van der Waals surface area contributed by atoms with E-state index in [0.29, 0.717) is 34.2 Å². The molecule has 1 unspecified atom stereocenters. The summed E-state index contributed by atoms with van der Waals surface area (Å²) in [6.45, 7) is 7.92. The van der Waals surface area contributed by atoms with Crippen molar-refractivity contribution in [3.05, 3.63) is 63.5 Å². The second-order valence-electron chi connectivity index (χ2n) is 9.55. The molecule has 34 heavy (non-hydrogen) atoms. The number of para-hydroxylation sites is 1. The lowest BCUT2D eigenvalue weighted by molar-refractivity contribution is -0.122. The Labute approximate surface area is 211 Å². The lowest BCUT2D eigenvalue weighted by atomic mass is 9.80. The van der Waals surface area contributed by atoms with Gasteiger partial charge >= 0.3 is 0 Å². The Bertz CT molecular complexity index is 1130. The predicted octanol–water partition coefficient (Wildman–Crippen LogP) is 6.70. The quantitative estimate of drug-likeness (QED) is 0.329. The lowest BCUT2D eigenvalue weighted by Crippen LogP contribution is -2.45. The van der Waals surface area contributed by atoms with Crippen molar-refractivity contribution in [2.24, 2.45) is 4.99 Å². The molecule has 1 fully saturated rings. The van der Waals surface area contributed by atoms with Crippen molar-refractivity contribution in [1.29, 1.82) is 0 Å². The number of halogens is 1. The standard InChI is InChI=1S/C27H32ClN3O2S/c1-18-17-27(2,3)30(4)23-16-22(28)19(14-21(18)23)15-24-25(32)31(12-9-13-33-5)26(34-24)29-20-10-7-6-8-11-20/h6-8,10-11,14-16,18H,9,12-13,17H2,1-5H3/b24-15-,29-26?. The number of carbonyl (C=O) groups excluding carboxylic acids is 1. The monoisotopic (exact) mass is 497 g/mol. The van der Waals surface area contributed by atoms with E-state index in [9.17, 15) is 4.79 Å². The van der Waals surface area contributed by atoms with Gasteiger partial charge in [0.2, 0.25) is 0 Å². The lowest BCUT2D eigenvalue weighted by Gasteiger charge is -2.45. The zero-order valence-corrected chi connectivity index (χ0v) is 22.0. The molecule has 0 N–H and O–H groups in total. The van der Waals surface area contributed by atoms with E-state index in [4.69, 9.17) is 21.3 Å². The maximum absolute atomic E-state index is 13.4. The van der Waals surface area contributed by atoms with Gasteiger partial charge in [0.15, 0.2) is 5.17 Å². The Morgan fingerprint density at radius 2 is 2.00 bits per heavy atom. The summed E-state index contributed by atoms with van der Waals surface area (Å²) in [5.41, 5.74) is 4.19. The molecular formula is C27H32ClN3O2S. The number of ether oxygens (including phenoxy) is 1. The molecule has 2 aliphatic rings. The van der Waals surface area contributed by atoms with Crippen molar-refractivity contribution in [2.75, 3.05) is 32.2 Å². The number of aliphatic imine (C=N–C) groups is 1. The van der Waals surface area contributed by atoms with Crippen LogP contribution in [0.2, 0.25) is 5.02 Å². The summed E-state index contributed by atoms with van der Waals surface area (Å²) in [7, 11) is 3.79. The summed E-state index contributed by atoms with van der Waals surface area (Å²) in [4.78, 5) is 22.8. The van der Waals surface area contributed by atoms with Crippen molar-refractivity contribution in [1.82, 2.24) is 4.90 Å². The maximum atomic E-state index is 13.4. The molecule has 0 aromatic heterocycles. The van der Waals surface area contributed by atoms with Crippen LogP contribution in [-0.4, -0.2) is 48.8 Å². The van der Waals surface area contributed by atoms with E-state index >= 15 is 0 Å². The van der Waals surface area contributed by atoms with Crippen molar-refractivity contribution < 1.29 is 9.53 Å². The molecule has 1 amide bonds. The average molecular weight is 498 g/mol. The Kier molecular flexibility index (Phi) is 7.41. The van der Waals surface area contributed by atoms with Gasteiger partial charge in [0.25, 0.3) is 5.91 Å². The molecule has 4 rings (SSSR count). The van der Waals surface area contributed by atoms with Gasteiger partial charge in [-0.15, -0.1) is 0 Å². The highest BCUT2D eigenvalue weighted by Gasteiger charge is 2.36. The number of methoxy groups -OCH3 is 1. The number of anilines is 1. The molecule has 180 valence electrons. The van der Waals surface area contributed by atoms with E-state index in [1.54, 1.807) is 12.0 Å². The number of hydrogen-bond donors (Lipinski definition) is 0. The van der Waals surface area contributed by atoms with Gasteiger partial charge in [-0.3, -0.25) is 9.69 Å². The molecule has 1 saturated heterocycles. The first-order valence-corrected chi connectivity index (χ1v) is 12.8. The van der Waals surface area contributed by atoms with Crippen LogP contribution in [0.25, 0.3) is 6.08 Å². The first-order chi connectivity index (χ1) is 16.2. The second-order valence-corrected chi connectivity index (χ2v) is 11.0. The van der Waals surface area contributed by atoms with Gasteiger partial charge < -0.3 is 9.64 Å². The molecule has 5 nitrogen and oxygen atoms in total. The van der Waals surface area contributed by atoms with Gasteiger partial charge in [-0.05, 0) is 85.8 Å². The molecule has 2 aromatic carbocycles. The molecule has 1 atom stereocenters. The number of benzene rings is 2.